The molecule has 3 aromatic carbocycles. The van der Waals surface area contributed by atoms with Gasteiger partial charge in [-0.05, 0) is 40.8 Å². The molecule has 0 nitrogen and oxygen atoms in total. The van der Waals surface area contributed by atoms with Gasteiger partial charge >= 0.3 is 0 Å². The number of rotatable bonds is 3. The van der Waals surface area contributed by atoms with E-state index in [1.807, 2.05) is 0 Å². The Balaban J connectivity index is 0.000000433. The molecule has 0 aliphatic rings. The molecule has 23 heavy (non-hydrogen) atoms. The first-order valence-corrected chi connectivity index (χ1v) is 7.70. The van der Waals surface area contributed by atoms with E-state index in [4.69, 9.17) is 0 Å². The normalized spacial score (nSPS) is 9.43. The molecule has 0 amide bonds. The second-order valence-corrected chi connectivity index (χ2v) is 5.29. The summed E-state index contributed by atoms with van der Waals surface area (Å²) < 4.78 is 0. The first kappa shape index (κ1) is 16.5. The Bertz CT molecular complexity index is 689. The second kappa shape index (κ2) is 8.55. The number of hydrogen-bond acceptors (Lipinski definition) is 0. The van der Waals surface area contributed by atoms with E-state index in [0.29, 0.717) is 0 Å². The zero-order chi connectivity index (χ0) is 16.5. The van der Waals surface area contributed by atoms with Gasteiger partial charge in [-0.25, -0.2) is 0 Å². The van der Waals surface area contributed by atoms with Crippen LogP contribution in [0.1, 0.15) is 5.56 Å². The van der Waals surface area contributed by atoms with Crippen LogP contribution in [0.2, 0.25) is 0 Å². The van der Waals surface area contributed by atoms with E-state index in [-0.39, 0.29) is 0 Å². The van der Waals surface area contributed by atoms with Crippen molar-refractivity contribution >= 4 is 0 Å². The molecule has 0 heteroatoms. The van der Waals surface area contributed by atoms with Crippen LogP contribution in [0.4, 0.5) is 0 Å². The molecule has 0 fully saturated rings. The molecule has 0 unspecified atom stereocenters. The number of hydrogen-bond donors (Lipinski definition) is 0. The fourth-order valence-corrected chi connectivity index (χ4v) is 2.38. The summed E-state index contributed by atoms with van der Waals surface area (Å²) in [7, 11) is 0. The average Bonchev–Trinajstić information content (AvgIpc) is 2.63. The molecule has 114 valence electrons. The third-order valence-corrected chi connectivity index (χ3v) is 3.46. The Hall–Kier alpha value is -2.86. The van der Waals surface area contributed by atoms with Crippen LogP contribution in [0, 0.1) is 6.92 Å². The lowest BCUT2D eigenvalue weighted by Crippen LogP contribution is -1.84. The fourth-order valence-electron chi connectivity index (χ4n) is 2.38. The molecule has 0 heterocycles. The Labute approximate surface area is 139 Å². The summed E-state index contributed by atoms with van der Waals surface area (Å²) in [6.07, 6.45) is 3.28. The smallest absolute Gasteiger partial charge is 0.0175 e. The van der Waals surface area contributed by atoms with Gasteiger partial charge < -0.3 is 0 Å². The van der Waals surface area contributed by atoms with Gasteiger partial charge in [0.25, 0.3) is 0 Å². The van der Waals surface area contributed by atoms with E-state index in [1.165, 1.54) is 27.8 Å². The zero-order valence-corrected chi connectivity index (χ0v) is 13.6. The summed E-state index contributed by atoms with van der Waals surface area (Å²) in [4.78, 5) is 0. The molecular weight excluding hydrogens is 276 g/mol. The van der Waals surface area contributed by atoms with E-state index in [1.54, 1.807) is 12.2 Å². The molecule has 0 spiro atoms. The Morgan fingerprint density at radius 2 is 0.957 bits per heavy atom. The third-order valence-electron chi connectivity index (χ3n) is 3.46. The molecule has 0 aromatic heterocycles. The maximum atomic E-state index is 3.36. The maximum absolute atomic E-state index is 3.36. The van der Waals surface area contributed by atoms with Crippen LogP contribution in [0.3, 0.4) is 0 Å². The van der Waals surface area contributed by atoms with Crippen LogP contribution >= 0.6 is 0 Å². The fraction of sp³-hybridized carbons (Fsp3) is 0.0435. The summed E-state index contributed by atoms with van der Waals surface area (Å²) in [5.74, 6) is 0. The highest BCUT2D eigenvalue weighted by atomic mass is 14.1. The predicted molar refractivity (Wildman–Crippen MR) is 102 cm³/mol. The van der Waals surface area contributed by atoms with Gasteiger partial charge in [-0.15, -0.1) is 0 Å². The standard InChI is InChI=1S/C19H16.C4H6/c1-15-12-18(16-8-4-2-5-9-16)14-19(13-15)17-10-6-3-7-11-17;1-3-4-2/h2-14H,1H3;3-4H,1-2H2. The van der Waals surface area contributed by atoms with Crippen LogP contribution in [0.25, 0.3) is 22.3 Å². The van der Waals surface area contributed by atoms with Gasteiger partial charge in [-0.3, -0.25) is 0 Å². The number of allylic oxidation sites excluding steroid dienone is 2. The molecular formula is C23H22. The molecule has 0 saturated heterocycles. The van der Waals surface area contributed by atoms with Crippen molar-refractivity contribution in [3.05, 3.63) is 110 Å². The van der Waals surface area contributed by atoms with Crippen LogP contribution in [-0.4, -0.2) is 0 Å². The quantitative estimate of drug-likeness (QED) is 0.473. The van der Waals surface area contributed by atoms with Gasteiger partial charge in [0.05, 0.1) is 0 Å². The molecule has 0 radical (unpaired) electrons. The zero-order valence-electron chi connectivity index (χ0n) is 13.6. The van der Waals surface area contributed by atoms with Crippen molar-refractivity contribution in [2.75, 3.05) is 0 Å². The largest absolute Gasteiger partial charge is 0.0991 e. The molecule has 3 aromatic rings. The first-order chi connectivity index (χ1) is 11.2. The highest BCUT2D eigenvalue weighted by Crippen LogP contribution is 2.27. The van der Waals surface area contributed by atoms with E-state index >= 15 is 0 Å². The molecule has 0 N–H and O–H groups in total. The first-order valence-electron chi connectivity index (χ1n) is 7.70. The monoisotopic (exact) mass is 298 g/mol. The van der Waals surface area contributed by atoms with Crippen LogP contribution in [-0.2, 0) is 0 Å². The van der Waals surface area contributed by atoms with Crippen molar-refractivity contribution in [2.24, 2.45) is 0 Å². The Kier molecular flexibility index (Phi) is 6.14. The third kappa shape index (κ3) is 4.82. The van der Waals surface area contributed by atoms with Gasteiger partial charge in [0.2, 0.25) is 0 Å². The predicted octanol–water partition coefficient (Wildman–Crippen LogP) is 6.69. The minimum atomic E-state index is 1.27. The average molecular weight is 298 g/mol. The van der Waals surface area contributed by atoms with Gasteiger partial charge in [0.1, 0.15) is 0 Å². The van der Waals surface area contributed by atoms with Crippen molar-refractivity contribution in [3.8, 4) is 22.3 Å². The van der Waals surface area contributed by atoms with Gasteiger partial charge in [0.15, 0.2) is 0 Å². The Morgan fingerprint density at radius 3 is 1.30 bits per heavy atom. The highest BCUT2D eigenvalue weighted by Gasteiger charge is 2.02. The van der Waals surface area contributed by atoms with Gasteiger partial charge in [-0.1, -0.05) is 98.1 Å². The minimum absolute atomic E-state index is 1.27. The van der Waals surface area contributed by atoms with Crippen molar-refractivity contribution < 1.29 is 0 Å². The molecule has 3 rings (SSSR count). The van der Waals surface area contributed by atoms with E-state index in [2.05, 4.69) is 98.9 Å². The summed E-state index contributed by atoms with van der Waals surface area (Å²) >= 11 is 0. The van der Waals surface area contributed by atoms with E-state index in [9.17, 15) is 0 Å². The summed E-state index contributed by atoms with van der Waals surface area (Å²) in [5, 5.41) is 0. The number of benzene rings is 3. The van der Waals surface area contributed by atoms with Crippen LogP contribution in [0.5, 0.6) is 0 Å². The van der Waals surface area contributed by atoms with Crippen LogP contribution < -0.4 is 0 Å². The SMILES string of the molecule is C=CC=C.Cc1cc(-c2ccccc2)cc(-c2ccccc2)c1. The molecule has 0 atom stereocenters. The van der Waals surface area contributed by atoms with Crippen molar-refractivity contribution in [2.45, 2.75) is 6.92 Å². The van der Waals surface area contributed by atoms with E-state index < -0.39 is 0 Å². The molecule has 0 aliphatic carbocycles. The lowest BCUT2D eigenvalue weighted by atomic mass is 9.97. The lowest BCUT2D eigenvalue weighted by molar-refractivity contribution is 1.46. The van der Waals surface area contributed by atoms with Crippen molar-refractivity contribution in [3.63, 3.8) is 0 Å². The Morgan fingerprint density at radius 1 is 0.565 bits per heavy atom. The van der Waals surface area contributed by atoms with Gasteiger partial charge in [-0.2, -0.15) is 0 Å². The summed E-state index contributed by atoms with van der Waals surface area (Å²) in [6.45, 7) is 8.87. The van der Waals surface area contributed by atoms with Crippen molar-refractivity contribution in [1.82, 2.24) is 0 Å². The number of aryl methyl sites for hydroxylation is 1. The molecule has 0 bridgehead atoms. The second-order valence-electron chi connectivity index (χ2n) is 5.29. The molecule has 0 aliphatic heterocycles. The minimum Gasteiger partial charge on any atom is -0.0991 e. The summed E-state index contributed by atoms with van der Waals surface area (Å²) in [5.41, 5.74) is 6.38. The van der Waals surface area contributed by atoms with E-state index in [0.717, 1.165) is 0 Å². The lowest BCUT2D eigenvalue weighted by Gasteiger charge is -2.08. The van der Waals surface area contributed by atoms with Gasteiger partial charge in [0, 0.05) is 0 Å². The maximum Gasteiger partial charge on any atom is -0.0175 e. The summed E-state index contributed by atoms with van der Waals surface area (Å²) in [6, 6.07) is 27.8. The molecule has 0 saturated carbocycles. The van der Waals surface area contributed by atoms with Crippen molar-refractivity contribution in [1.29, 1.82) is 0 Å². The van der Waals surface area contributed by atoms with Crippen LogP contribution in [0.15, 0.2) is 104 Å². The topological polar surface area (TPSA) is 0 Å². The highest BCUT2D eigenvalue weighted by molar-refractivity contribution is 5.74.